The number of nitro groups is 1. The smallest absolute Gasteiger partial charge is 0.340 e. The van der Waals surface area contributed by atoms with Crippen molar-refractivity contribution in [1.82, 2.24) is 0 Å². The number of nitrogens with zero attached hydrogens (tertiary/aromatic N) is 1. The summed E-state index contributed by atoms with van der Waals surface area (Å²) in [6, 6.07) is 1.71. The summed E-state index contributed by atoms with van der Waals surface area (Å²) in [4.78, 5) is 21.8. The van der Waals surface area contributed by atoms with E-state index in [0.29, 0.717) is 13.2 Å². The van der Waals surface area contributed by atoms with Crippen molar-refractivity contribution in [3.05, 3.63) is 33.6 Å². The molecule has 0 spiro atoms. The van der Waals surface area contributed by atoms with Crippen LogP contribution in [-0.2, 0) is 9.47 Å². The topological polar surface area (TPSA) is 90.7 Å². The third-order valence-electron chi connectivity index (χ3n) is 3.21. The SMILES string of the molecule is COC(=O)c1cc(NC2CCCOC2)c([N+](=O)[O-])cc1F. The molecular weight excluding hydrogens is 283 g/mol. The number of ether oxygens (including phenoxy) is 2. The average Bonchev–Trinajstić information content (AvgIpc) is 2.48. The third-order valence-corrected chi connectivity index (χ3v) is 3.21. The fraction of sp³-hybridized carbons (Fsp3) is 0.462. The number of esters is 1. The van der Waals surface area contributed by atoms with Gasteiger partial charge in [0.2, 0.25) is 0 Å². The standard InChI is InChI=1S/C13H15FN2O5/c1-20-13(17)9-5-11(12(16(18)19)6-10(9)14)15-8-3-2-4-21-7-8/h5-6,8,15H,2-4,7H2,1H3. The first-order chi connectivity index (χ1) is 10.0. The first-order valence-electron chi connectivity index (χ1n) is 6.43. The summed E-state index contributed by atoms with van der Waals surface area (Å²) in [6.45, 7) is 1.05. The third kappa shape index (κ3) is 3.46. The number of benzene rings is 1. The van der Waals surface area contributed by atoms with Gasteiger partial charge in [-0.2, -0.15) is 0 Å². The maximum absolute atomic E-state index is 13.7. The molecule has 114 valence electrons. The van der Waals surface area contributed by atoms with Crippen molar-refractivity contribution in [2.45, 2.75) is 18.9 Å². The van der Waals surface area contributed by atoms with Crippen LogP contribution in [0.5, 0.6) is 0 Å². The van der Waals surface area contributed by atoms with E-state index in [1.807, 2.05) is 0 Å². The van der Waals surface area contributed by atoms with E-state index >= 15 is 0 Å². The predicted molar refractivity (Wildman–Crippen MR) is 71.9 cm³/mol. The Hall–Kier alpha value is -2.22. The van der Waals surface area contributed by atoms with E-state index < -0.39 is 22.4 Å². The quantitative estimate of drug-likeness (QED) is 0.520. The van der Waals surface area contributed by atoms with Crippen LogP contribution in [0.3, 0.4) is 0 Å². The van der Waals surface area contributed by atoms with Gasteiger partial charge in [0, 0.05) is 12.6 Å². The summed E-state index contributed by atoms with van der Waals surface area (Å²) in [5.74, 6) is -1.87. The van der Waals surface area contributed by atoms with E-state index in [2.05, 4.69) is 10.1 Å². The summed E-state index contributed by atoms with van der Waals surface area (Å²) < 4.78 is 23.5. The number of halogens is 1. The molecule has 0 bridgehead atoms. The van der Waals surface area contributed by atoms with E-state index in [1.54, 1.807) is 0 Å². The molecule has 1 N–H and O–H groups in total. The first kappa shape index (κ1) is 15.2. The molecule has 1 fully saturated rings. The molecule has 1 aromatic rings. The van der Waals surface area contributed by atoms with Crippen molar-refractivity contribution in [3.63, 3.8) is 0 Å². The highest BCUT2D eigenvalue weighted by Gasteiger charge is 2.24. The molecule has 0 amide bonds. The lowest BCUT2D eigenvalue weighted by atomic mass is 10.1. The second kappa shape index (κ2) is 6.49. The second-order valence-electron chi connectivity index (χ2n) is 4.66. The Morgan fingerprint density at radius 1 is 1.57 bits per heavy atom. The number of hydrogen-bond donors (Lipinski definition) is 1. The summed E-state index contributed by atoms with van der Waals surface area (Å²) in [5, 5.41) is 14.0. The highest BCUT2D eigenvalue weighted by molar-refractivity contribution is 5.92. The number of carbonyl (C=O) groups excluding carboxylic acids is 1. The van der Waals surface area contributed by atoms with Gasteiger partial charge < -0.3 is 14.8 Å². The van der Waals surface area contributed by atoms with Crippen LogP contribution < -0.4 is 5.32 Å². The number of nitrogens with one attached hydrogen (secondary N) is 1. The van der Waals surface area contributed by atoms with Gasteiger partial charge in [0.15, 0.2) is 0 Å². The molecule has 1 aliphatic rings. The average molecular weight is 298 g/mol. The molecule has 1 atom stereocenters. The largest absolute Gasteiger partial charge is 0.465 e. The molecule has 1 aromatic carbocycles. The van der Waals surface area contributed by atoms with Crippen LogP contribution in [0.25, 0.3) is 0 Å². The zero-order chi connectivity index (χ0) is 15.4. The van der Waals surface area contributed by atoms with Crippen molar-refractivity contribution < 1.29 is 23.6 Å². The molecule has 0 aromatic heterocycles. The lowest BCUT2D eigenvalue weighted by Gasteiger charge is -2.24. The van der Waals surface area contributed by atoms with Gasteiger partial charge in [-0.1, -0.05) is 0 Å². The van der Waals surface area contributed by atoms with Gasteiger partial charge in [-0.3, -0.25) is 10.1 Å². The molecular formula is C13H15FN2O5. The normalized spacial score (nSPS) is 18.1. The molecule has 8 heteroatoms. The Kier molecular flexibility index (Phi) is 4.69. The predicted octanol–water partition coefficient (Wildman–Crippen LogP) is 2.11. The van der Waals surface area contributed by atoms with Crippen molar-refractivity contribution >= 4 is 17.3 Å². The summed E-state index contributed by atoms with van der Waals surface area (Å²) in [7, 11) is 1.12. The fourth-order valence-corrected chi connectivity index (χ4v) is 2.17. The maximum atomic E-state index is 13.7. The molecule has 1 heterocycles. The molecule has 1 aliphatic heterocycles. The van der Waals surface area contributed by atoms with Gasteiger partial charge in [0.25, 0.3) is 5.69 Å². The molecule has 0 aliphatic carbocycles. The van der Waals surface area contributed by atoms with Gasteiger partial charge in [-0.15, -0.1) is 0 Å². The lowest BCUT2D eigenvalue weighted by molar-refractivity contribution is -0.384. The zero-order valence-corrected chi connectivity index (χ0v) is 11.4. The molecule has 0 saturated carbocycles. The van der Waals surface area contributed by atoms with Crippen molar-refractivity contribution in [2.75, 3.05) is 25.6 Å². The van der Waals surface area contributed by atoms with Crippen LogP contribution in [-0.4, -0.2) is 37.3 Å². The van der Waals surface area contributed by atoms with Crippen LogP contribution in [0.2, 0.25) is 0 Å². The highest BCUT2D eigenvalue weighted by Crippen LogP contribution is 2.29. The Morgan fingerprint density at radius 3 is 2.90 bits per heavy atom. The van der Waals surface area contributed by atoms with E-state index in [-0.39, 0.29) is 17.3 Å². The van der Waals surface area contributed by atoms with Crippen molar-refractivity contribution in [3.8, 4) is 0 Å². The Balaban J connectivity index is 2.35. The first-order valence-corrected chi connectivity index (χ1v) is 6.43. The van der Waals surface area contributed by atoms with Crippen LogP contribution >= 0.6 is 0 Å². The van der Waals surface area contributed by atoms with E-state index in [4.69, 9.17) is 4.74 Å². The molecule has 2 rings (SSSR count). The minimum atomic E-state index is -0.987. The lowest BCUT2D eigenvalue weighted by Crippen LogP contribution is -2.30. The van der Waals surface area contributed by atoms with Crippen LogP contribution in [0, 0.1) is 15.9 Å². The summed E-state index contributed by atoms with van der Waals surface area (Å²) in [6.07, 6.45) is 1.61. The van der Waals surface area contributed by atoms with Crippen LogP contribution in [0.15, 0.2) is 12.1 Å². The summed E-state index contributed by atoms with van der Waals surface area (Å²) in [5.41, 5.74) is -0.689. The second-order valence-corrected chi connectivity index (χ2v) is 4.66. The number of methoxy groups -OCH3 is 1. The number of carbonyl (C=O) groups is 1. The maximum Gasteiger partial charge on any atom is 0.340 e. The van der Waals surface area contributed by atoms with E-state index in [1.165, 1.54) is 0 Å². The Bertz CT molecular complexity index is 558. The van der Waals surface area contributed by atoms with Gasteiger partial charge >= 0.3 is 5.97 Å². The Morgan fingerprint density at radius 2 is 2.33 bits per heavy atom. The van der Waals surface area contributed by atoms with Crippen molar-refractivity contribution in [1.29, 1.82) is 0 Å². The molecule has 0 radical (unpaired) electrons. The number of anilines is 1. The minimum absolute atomic E-state index is 0.0808. The minimum Gasteiger partial charge on any atom is -0.465 e. The monoisotopic (exact) mass is 298 g/mol. The summed E-state index contributed by atoms with van der Waals surface area (Å²) >= 11 is 0. The van der Waals surface area contributed by atoms with Crippen molar-refractivity contribution in [2.24, 2.45) is 0 Å². The molecule has 7 nitrogen and oxygen atoms in total. The van der Waals surface area contributed by atoms with Gasteiger partial charge in [-0.25, -0.2) is 9.18 Å². The number of nitro benzene ring substituents is 1. The van der Waals surface area contributed by atoms with Crippen LogP contribution in [0.1, 0.15) is 23.2 Å². The number of hydrogen-bond acceptors (Lipinski definition) is 6. The highest BCUT2D eigenvalue weighted by atomic mass is 19.1. The van der Waals surface area contributed by atoms with Gasteiger partial charge in [-0.05, 0) is 18.9 Å². The van der Waals surface area contributed by atoms with Gasteiger partial charge in [0.05, 0.1) is 30.3 Å². The molecule has 1 unspecified atom stereocenters. The Labute approximate surface area is 120 Å². The number of rotatable bonds is 4. The zero-order valence-electron chi connectivity index (χ0n) is 11.4. The van der Waals surface area contributed by atoms with E-state index in [9.17, 15) is 19.3 Å². The fourth-order valence-electron chi connectivity index (χ4n) is 2.17. The van der Waals surface area contributed by atoms with Crippen LogP contribution in [0.4, 0.5) is 15.8 Å². The van der Waals surface area contributed by atoms with Gasteiger partial charge in [0.1, 0.15) is 11.5 Å². The molecule has 21 heavy (non-hydrogen) atoms. The molecule has 1 saturated heterocycles. The van der Waals surface area contributed by atoms with E-state index in [0.717, 1.165) is 32.1 Å².